The smallest absolute Gasteiger partial charge is 0.126 e. The van der Waals surface area contributed by atoms with Crippen molar-refractivity contribution in [3.05, 3.63) is 29.1 Å². The van der Waals surface area contributed by atoms with Crippen molar-refractivity contribution in [1.29, 1.82) is 0 Å². The molecular formula is C16H25BrFNO. The molecule has 0 radical (unpaired) electrons. The Bertz CT molecular complexity index is 421. The molecule has 0 saturated carbocycles. The first kappa shape index (κ1) is 17.4. The second-order valence-electron chi connectivity index (χ2n) is 5.09. The van der Waals surface area contributed by atoms with E-state index < -0.39 is 0 Å². The summed E-state index contributed by atoms with van der Waals surface area (Å²) in [5.74, 6) is 0.830. The lowest BCUT2D eigenvalue weighted by molar-refractivity contribution is 0.248. The van der Waals surface area contributed by atoms with Crippen molar-refractivity contribution in [3.8, 4) is 5.75 Å². The average molecular weight is 346 g/mol. The zero-order valence-electron chi connectivity index (χ0n) is 12.5. The Morgan fingerprint density at radius 2 is 1.85 bits per heavy atom. The zero-order valence-corrected chi connectivity index (χ0v) is 14.2. The number of rotatable bonds is 7. The monoisotopic (exact) mass is 345 g/mol. The Hall–Kier alpha value is -0.610. The molecule has 1 aromatic rings. The third kappa shape index (κ3) is 4.19. The van der Waals surface area contributed by atoms with Crippen molar-refractivity contribution in [2.45, 2.75) is 39.5 Å². The van der Waals surface area contributed by atoms with Crippen LogP contribution >= 0.6 is 17.0 Å². The molecular weight excluding hydrogens is 321 g/mol. The first-order valence-corrected chi connectivity index (χ1v) is 7.41. The Morgan fingerprint density at radius 1 is 1.15 bits per heavy atom. The molecule has 0 aliphatic heterocycles. The highest BCUT2D eigenvalue weighted by Gasteiger charge is 2.19. The standard InChI is InChI=1S/C16H24FNO.BrH/c1-3-18(4-2)11-6-12-19-16-10-9-15(17)13-7-5-8-14(13)16;/h9-10H,3-8,11-12H2,1-2H3;1H. The molecule has 0 spiro atoms. The maximum Gasteiger partial charge on any atom is 0.126 e. The molecule has 0 bridgehead atoms. The second kappa shape index (κ2) is 8.63. The number of nitrogens with zero attached hydrogens (tertiary/aromatic N) is 1. The number of fused-ring (bicyclic) bond motifs is 1. The van der Waals surface area contributed by atoms with E-state index in [4.69, 9.17) is 4.74 Å². The van der Waals surface area contributed by atoms with Gasteiger partial charge < -0.3 is 9.64 Å². The highest BCUT2D eigenvalue weighted by molar-refractivity contribution is 8.93. The summed E-state index contributed by atoms with van der Waals surface area (Å²) in [6.45, 7) is 8.31. The number of ether oxygens (including phenoxy) is 1. The van der Waals surface area contributed by atoms with Crippen molar-refractivity contribution in [1.82, 2.24) is 4.90 Å². The first-order valence-electron chi connectivity index (χ1n) is 7.41. The third-order valence-electron chi connectivity index (χ3n) is 3.96. The lowest BCUT2D eigenvalue weighted by Crippen LogP contribution is -2.25. The minimum atomic E-state index is -0.0667. The van der Waals surface area contributed by atoms with Crippen LogP contribution in [0.1, 0.15) is 37.8 Å². The fourth-order valence-electron chi connectivity index (χ4n) is 2.77. The van der Waals surface area contributed by atoms with Crippen LogP contribution in [0, 0.1) is 5.82 Å². The van der Waals surface area contributed by atoms with Crippen LogP contribution in [-0.4, -0.2) is 31.1 Å². The van der Waals surface area contributed by atoms with E-state index in [0.29, 0.717) is 6.61 Å². The third-order valence-corrected chi connectivity index (χ3v) is 3.96. The fourth-order valence-corrected chi connectivity index (χ4v) is 2.77. The Kier molecular flexibility index (Phi) is 7.52. The first-order chi connectivity index (χ1) is 9.26. The van der Waals surface area contributed by atoms with Crippen molar-refractivity contribution < 1.29 is 9.13 Å². The van der Waals surface area contributed by atoms with E-state index in [1.165, 1.54) is 0 Å². The van der Waals surface area contributed by atoms with Gasteiger partial charge in [0, 0.05) is 12.1 Å². The van der Waals surface area contributed by atoms with Gasteiger partial charge in [0.15, 0.2) is 0 Å². The SMILES string of the molecule is Br.CCN(CC)CCCOc1ccc(F)c2c1CCC2. The lowest BCUT2D eigenvalue weighted by atomic mass is 10.1. The van der Waals surface area contributed by atoms with Gasteiger partial charge in [-0.2, -0.15) is 0 Å². The van der Waals surface area contributed by atoms with Crippen LogP contribution in [0.5, 0.6) is 5.75 Å². The topological polar surface area (TPSA) is 12.5 Å². The van der Waals surface area contributed by atoms with E-state index in [-0.39, 0.29) is 22.8 Å². The van der Waals surface area contributed by atoms with Crippen molar-refractivity contribution in [2.75, 3.05) is 26.2 Å². The molecule has 0 aromatic heterocycles. The van der Waals surface area contributed by atoms with E-state index in [2.05, 4.69) is 18.7 Å². The van der Waals surface area contributed by atoms with Gasteiger partial charge in [-0.1, -0.05) is 13.8 Å². The van der Waals surface area contributed by atoms with Gasteiger partial charge in [0.05, 0.1) is 6.61 Å². The molecule has 0 amide bonds. The summed E-state index contributed by atoms with van der Waals surface area (Å²) in [5, 5.41) is 0. The van der Waals surface area contributed by atoms with Crippen molar-refractivity contribution in [2.24, 2.45) is 0 Å². The van der Waals surface area contributed by atoms with Crippen LogP contribution in [-0.2, 0) is 12.8 Å². The summed E-state index contributed by atoms with van der Waals surface area (Å²) < 4.78 is 19.4. The van der Waals surface area contributed by atoms with E-state index in [1.54, 1.807) is 12.1 Å². The van der Waals surface area contributed by atoms with Crippen LogP contribution < -0.4 is 4.74 Å². The van der Waals surface area contributed by atoms with Gasteiger partial charge in [0.25, 0.3) is 0 Å². The molecule has 2 nitrogen and oxygen atoms in total. The minimum Gasteiger partial charge on any atom is -0.493 e. The molecule has 4 heteroatoms. The summed E-state index contributed by atoms with van der Waals surface area (Å²) in [6.07, 6.45) is 3.89. The summed E-state index contributed by atoms with van der Waals surface area (Å²) >= 11 is 0. The maximum atomic E-state index is 13.6. The Labute approximate surface area is 132 Å². The fraction of sp³-hybridized carbons (Fsp3) is 0.625. The van der Waals surface area contributed by atoms with Crippen LogP contribution in [0.15, 0.2) is 12.1 Å². The molecule has 0 fully saturated rings. The van der Waals surface area contributed by atoms with Crippen LogP contribution in [0.4, 0.5) is 4.39 Å². The van der Waals surface area contributed by atoms with Gasteiger partial charge in [0.1, 0.15) is 11.6 Å². The molecule has 114 valence electrons. The number of hydrogen-bond acceptors (Lipinski definition) is 2. The normalized spacial score (nSPS) is 13.2. The van der Waals surface area contributed by atoms with Gasteiger partial charge >= 0.3 is 0 Å². The molecule has 1 aliphatic carbocycles. The Balaban J connectivity index is 0.00000200. The molecule has 1 aliphatic rings. The largest absolute Gasteiger partial charge is 0.493 e. The summed E-state index contributed by atoms with van der Waals surface area (Å²) in [4.78, 5) is 2.39. The number of halogens is 2. The zero-order chi connectivity index (χ0) is 13.7. The number of benzene rings is 1. The molecule has 2 rings (SSSR count). The maximum absolute atomic E-state index is 13.6. The lowest BCUT2D eigenvalue weighted by Gasteiger charge is -2.18. The van der Waals surface area contributed by atoms with E-state index in [1.807, 2.05) is 0 Å². The van der Waals surface area contributed by atoms with Gasteiger partial charge in [-0.25, -0.2) is 4.39 Å². The van der Waals surface area contributed by atoms with Gasteiger partial charge in [-0.3, -0.25) is 0 Å². The molecule has 20 heavy (non-hydrogen) atoms. The highest BCUT2D eigenvalue weighted by Crippen LogP contribution is 2.32. The van der Waals surface area contributed by atoms with Crippen LogP contribution in [0.3, 0.4) is 0 Å². The van der Waals surface area contributed by atoms with Crippen molar-refractivity contribution >= 4 is 17.0 Å². The summed E-state index contributed by atoms with van der Waals surface area (Å²) in [5.41, 5.74) is 1.98. The average Bonchev–Trinajstić information content (AvgIpc) is 2.91. The Morgan fingerprint density at radius 3 is 2.55 bits per heavy atom. The molecule has 0 N–H and O–H groups in total. The molecule has 0 atom stereocenters. The molecule has 0 saturated heterocycles. The minimum absolute atomic E-state index is 0. The van der Waals surface area contributed by atoms with Crippen LogP contribution in [0.2, 0.25) is 0 Å². The molecule has 0 heterocycles. The highest BCUT2D eigenvalue weighted by atomic mass is 79.9. The molecule has 1 aromatic carbocycles. The van der Waals surface area contributed by atoms with E-state index in [0.717, 1.165) is 62.2 Å². The van der Waals surface area contributed by atoms with Gasteiger partial charge in [0.2, 0.25) is 0 Å². The quantitative estimate of drug-likeness (QED) is 0.692. The molecule has 0 unspecified atom stereocenters. The van der Waals surface area contributed by atoms with E-state index >= 15 is 0 Å². The second-order valence-corrected chi connectivity index (χ2v) is 5.09. The van der Waals surface area contributed by atoms with Crippen molar-refractivity contribution in [3.63, 3.8) is 0 Å². The van der Waals surface area contributed by atoms with E-state index in [9.17, 15) is 4.39 Å². The van der Waals surface area contributed by atoms with Crippen LogP contribution in [0.25, 0.3) is 0 Å². The predicted molar refractivity (Wildman–Crippen MR) is 86.6 cm³/mol. The van der Waals surface area contributed by atoms with Gasteiger partial charge in [-0.05, 0) is 56.5 Å². The summed E-state index contributed by atoms with van der Waals surface area (Å²) in [7, 11) is 0. The van der Waals surface area contributed by atoms with Gasteiger partial charge in [-0.15, -0.1) is 17.0 Å². The predicted octanol–water partition coefficient (Wildman–Crippen LogP) is 4.00. The number of hydrogen-bond donors (Lipinski definition) is 0. The summed E-state index contributed by atoms with van der Waals surface area (Å²) in [6, 6.07) is 3.33.